The molecule has 0 radical (unpaired) electrons. The van der Waals surface area contributed by atoms with E-state index >= 15 is 0 Å². The zero-order chi connectivity index (χ0) is 14.2. The minimum absolute atomic E-state index is 0.164. The summed E-state index contributed by atoms with van der Waals surface area (Å²) < 4.78 is 0. The fraction of sp³-hybridized carbons (Fsp3) is 0.471. The second-order valence-electron chi connectivity index (χ2n) is 6.59. The summed E-state index contributed by atoms with van der Waals surface area (Å²) >= 11 is 0. The second-order valence-corrected chi connectivity index (χ2v) is 6.59. The molecule has 0 amide bonds. The van der Waals surface area contributed by atoms with E-state index in [0.717, 1.165) is 22.0 Å². The van der Waals surface area contributed by atoms with E-state index in [4.69, 9.17) is 0 Å². The van der Waals surface area contributed by atoms with Crippen LogP contribution in [0.25, 0.3) is 10.9 Å². The highest BCUT2D eigenvalue weighted by atomic mass is 16.1. The Balaban J connectivity index is 2.33. The van der Waals surface area contributed by atoms with Crippen molar-refractivity contribution in [2.75, 3.05) is 0 Å². The Kier molecular flexibility index (Phi) is 3.53. The quantitative estimate of drug-likeness (QED) is 0.792. The lowest BCUT2D eigenvalue weighted by Crippen LogP contribution is -2.20. The number of nitrogens with one attached hydrogen (secondary N) is 1. The molecule has 2 rings (SSSR count). The van der Waals surface area contributed by atoms with E-state index in [2.05, 4.69) is 45.7 Å². The lowest BCUT2D eigenvalue weighted by molar-refractivity contribution is 0.0929. The number of carbonyl (C=O) groups excluding carboxylic acids is 1. The van der Waals surface area contributed by atoms with E-state index in [0.29, 0.717) is 12.3 Å². The van der Waals surface area contributed by atoms with E-state index < -0.39 is 0 Å². The Morgan fingerprint density at radius 3 is 2.63 bits per heavy atom. The van der Waals surface area contributed by atoms with Gasteiger partial charge >= 0.3 is 0 Å². The first-order chi connectivity index (χ1) is 8.80. The maximum Gasteiger partial charge on any atom is 0.165 e. The third kappa shape index (κ3) is 2.73. The third-order valence-electron chi connectivity index (χ3n) is 4.18. The maximum atomic E-state index is 12.5. The number of fused-ring (bicyclic) bond motifs is 1. The number of aryl methyl sites for hydroxylation is 1. The van der Waals surface area contributed by atoms with Gasteiger partial charge in [0.05, 0.1) is 0 Å². The standard InChI is InChI=1S/C17H23NO/c1-11-7-6-8-14-16(11)13(10-18-14)15(19)9-12(2)17(3,4)5/h6-8,10,12,18H,9H2,1-5H3. The molecule has 0 bridgehead atoms. The highest BCUT2D eigenvalue weighted by molar-refractivity contribution is 6.09. The summed E-state index contributed by atoms with van der Waals surface area (Å²) in [6.07, 6.45) is 2.46. The molecule has 0 aliphatic rings. The molecule has 1 unspecified atom stereocenters. The minimum Gasteiger partial charge on any atom is -0.360 e. The van der Waals surface area contributed by atoms with Crippen molar-refractivity contribution in [2.24, 2.45) is 11.3 Å². The molecule has 2 heteroatoms. The average molecular weight is 257 g/mol. The Bertz CT molecular complexity index is 601. The Labute approximate surface area is 115 Å². The van der Waals surface area contributed by atoms with Crippen molar-refractivity contribution in [1.29, 1.82) is 0 Å². The van der Waals surface area contributed by atoms with Crippen LogP contribution >= 0.6 is 0 Å². The van der Waals surface area contributed by atoms with Crippen LogP contribution in [0, 0.1) is 18.3 Å². The number of benzene rings is 1. The summed E-state index contributed by atoms with van der Waals surface area (Å²) in [7, 11) is 0. The van der Waals surface area contributed by atoms with E-state index in [9.17, 15) is 4.79 Å². The zero-order valence-corrected chi connectivity index (χ0v) is 12.5. The highest BCUT2D eigenvalue weighted by Gasteiger charge is 2.24. The summed E-state index contributed by atoms with van der Waals surface area (Å²) in [5, 5.41) is 1.08. The van der Waals surface area contributed by atoms with Crippen LogP contribution in [0.4, 0.5) is 0 Å². The number of aromatic nitrogens is 1. The van der Waals surface area contributed by atoms with Crippen LogP contribution in [-0.2, 0) is 0 Å². The Hall–Kier alpha value is -1.57. The maximum absolute atomic E-state index is 12.5. The van der Waals surface area contributed by atoms with E-state index in [1.54, 1.807) is 0 Å². The van der Waals surface area contributed by atoms with Crippen LogP contribution in [0.1, 0.15) is 50.0 Å². The first kappa shape index (κ1) is 13.9. The molecule has 0 spiro atoms. The molecule has 1 atom stereocenters. The third-order valence-corrected chi connectivity index (χ3v) is 4.18. The number of H-pyrrole nitrogens is 1. The van der Waals surface area contributed by atoms with Gasteiger partial charge in [-0.2, -0.15) is 0 Å². The summed E-state index contributed by atoms with van der Waals surface area (Å²) in [6, 6.07) is 6.09. The van der Waals surface area contributed by atoms with Gasteiger partial charge in [0.2, 0.25) is 0 Å². The normalized spacial score (nSPS) is 13.7. The lowest BCUT2D eigenvalue weighted by atomic mass is 9.78. The molecule has 0 aliphatic heterocycles. The fourth-order valence-corrected chi connectivity index (χ4v) is 2.28. The van der Waals surface area contributed by atoms with E-state index in [1.807, 2.05) is 18.3 Å². The van der Waals surface area contributed by atoms with Crippen molar-refractivity contribution in [1.82, 2.24) is 4.98 Å². The summed E-state index contributed by atoms with van der Waals surface area (Å²) in [4.78, 5) is 15.7. The molecule has 1 N–H and O–H groups in total. The van der Waals surface area contributed by atoms with Gasteiger partial charge in [0.15, 0.2) is 5.78 Å². The van der Waals surface area contributed by atoms with E-state index in [-0.39, 0.29) is 11.2 Å². The SMILES string of the molecule is Cc1cccc2[nH]cc(C(=O)CC(C)C(C)(C)C)c12. The molecular weight excluding hydrogens is 234 g/mol. The van der Waals surface area contributed by atoms with Crippen LogP contribution in [0.3, 0.4) is 0 Å². The van der Waals surface area contributed by atoms with Crippen LogP contribution in [0.15, 0.2) is 24.4 Å². The number of hydrogen-bond donors (Lipinski definition) is 1. The van der Waals surface area contributed by atoms with E-state index in [1.165, 1.54) is 0 Å². The van der Waals surface area contributed by atoms with Gasteiger partial charge in [-0.25, -0.2) is 0 Å². The van der Waals surface area contributed by atoms with Gasteiger partial charge in [-0.1, -0.05) is 39.8 Å². The largest absolute Gasteiger partial charge is 0.360 e. The topological polar surface area (TPSA) is 32.9 Å². The smallest absolute Gasteiger partial charge is 0.165 e. The van der Waals surface area contributed by atoms with Crippen molar-refractivity contribution < 1.29 is 4.79 Å². The Morgan fingerprint density at radius 1 is 1.32 bits per heavy atom. The van der Waals surface area contributed by atoms with Gasteiger partial charge < -0.3 is 4.98 Å². The summed E-state index contributed by atoms with van der Waals surface area (Å²) in [6.45, 7) is 10.8. The molecule has 0 fully saturated rings. The van der Waals surface area contributed by atoms with Crippen LogP contribution < -0.4 is 0 Å². The molecule has 19 heavy (non-hydrogen) atoms. The fourth-order valence-electron chi connectivity index (χ4n) is 2.28. The molecular formula is C17H23NO. The average Bonchev–Trinajstić information content (AvgIpc) is 2.72. The molecule has 2 aromatic rings. The lowest BCUT2D eigenvalue weighted by Gasteiger charge is -2.26. The molecule has 1 aromatic heterocycles. The van der Waals surface area contributed by atoms with Crippen molar-refractivity contribution in [3.63, 3.8) is 0 Å². The number of ketones is 1. The van der Waals surface area contributed by atoms with Crippen LogP contribution in [0.5, 0.6) is 0 Å². The highest BCUT2D eigenvalue weighted by Crippen LogP contribution is 2.31. The number of hydrogen-bond acceptors (Lipinski definition) is 1. The molecule has 2 nitrogen and oxygen atoms in total. The monoisotopic (exact) mass is 257 g/mol. The number of rotatable bonds is 3. The molecule has 1 aromatic carbocycles. The molecule has 0 aliphatic carbocycles. The van der Waals surface area contributed by atoms with Crippen molar-refractivity contribution in [3.8, 4) is 0 Å². The molecule has 1 heterocycles. The number of aromatic amines is 1. The predicted octanol–water partition coefficient (Wildman–Crippen LogP) is 4.73. The number of carbonyl (C=O) groups is 1. The predicted molar refractivity (Wildman–Crippen MR) is 80.6 cm³/mol. The molecule has 0 saturated heterocycles. The number of Topliss-reactive ketones (excluding diaryl/α,β-unsaturated/α-hetero) is 1. The van der Waals surface area contributed by atoms with Gasteiger partial charge in [0.25, 0.3) is 0 Å². The first-order valence-corrected chi connectivity index (χ1v) is 6.90. The van der Waals surface area contributed by atoms with Crippen molar-refractivity contribution >= 4 is 16.7 Å². The first-order valence-electron chi connectivity index (χ1n) is 6.90. The summed E-state index contributed by atoms with van der Waals surface area (Å²) in [5.41, 5.74) is 3.21. The second kappa shape index (κ2) is 4.84. The Morgan fingerprint density at radius 2 is 2.00 bits per heavy atom. The van der Waals surface area contributed by atoms with Gasteiger partial charge in [-0.3, -0.25) is 4.79 Å². The van der Waals surface area contributed by atoms with Gasteiger partial charge in [-0.05, 0) is 29.9 Å². The molecule has 0 saturated carbocycles. The zero-order valence-electron chi connectivity index (χ0n) is 12.5. The minimum atomic E-state index is 0.164. The van der Waals surface area contributed by atoms with Crippen LogP contribution in [-0.4, -0.2) is 10.8 Å². The van der Waals surface area contributed by atoms with Gasteiger partial charge in [0, 0.05) is 29.1 Å². The van der Waals surface area contributed by atoms with Gasteiger partial charge in [-0.15, -0.1) is 0 Å². The van der Waals surface area contributed by atoms with Crippen LogP contribution in [0.2, 0.25) is 0 Å². The van der Waals surface area contributed by atoms with Crippen molar-refractivity contribution in [2.45, 2.75) is 41.0 Å². The van der Waals surface area contributed by atoms with Gasteiger partial charge in [0.1, 0.15) is 0 Å². The molecule has 102 valence electrons. The van der Waals surface area contributed by atoms with Crippen molar-refractivity contribution in [3.05, 3.63) is 35.5 Å². The summed E-state index contributed by atoms with van der Waals surface area (Å²) in [5.74, 6) is 0.608.